The molecular weight excluding hydrogens is 276 g/mol. The van der Waals surface area contributed by atoms with Gasteiger partial charge in [-0.2, -0.15) is 0 Å². The summed E-state index contributed by atoms with van der Waals surface area (Å²) >= 11 is 0. The number of carbonyl (C=O) groups excluding carboxylic acids is 2. The van der Waals surface area contributed by atoms with Gasteiger partial charge in [0, 0.05) is 24.6 Å². The molecule has 1 rings (SSSR count). The van der Waals surface area contributed by atoms with Crippen molar-refractivity contribution in [3.8, 4) is 0 Å². The van der Waals surface area contributed by atoms with Crippen LogP contribution in [0.4, 0.5) is 0 Å². The number of hydrogen-bond donors (Lipinski definition) is 2. The fourth-order valence-corrected chi connectivity index (χ4v) is 1.94. The maximum Gasteiger partial charge on any atom is 0.251 e. The third-order valence-corrected chi connectivity index (χ3v) is 3.62. The number of hydrogen-bond acceptors (Lipinski definition) is 2. The summed E-state index contributed by atoms with van der Waals surface area (Å²) in [6.07, 6.45) is 2.34. The Balaban J connectivity index is 2.53. The van der Waals surface area contributed by atoms with Crippen molar-refractivity contribution in [1.82, 2.24) is 10.6 Å². The summed E-state index contributed by atoms with van der Waals surface area (Å²) in [4.78, 5) is 23.8. The Morgan fingerprint density at radius 1 is 1.18 bits per heavy atom. The highest BCUT2D eigenvalue weighted by Crippen LogP contribution is 2.07. The first-order valence-corrected chi connectivity index (χ1v) is 8.08. The molecule has 0 aliphatic carbocycles. The number of nitrogens with one attached hydrogen (secondary N) is 2. The molecule has 1 aromatic carbocycles. The molecule has 0 radical (unpaired) electrons. The third-order valence-electron chi connectivity index (χ3n) is 3.62. The maximum absolute atomic E-state index is 12.1. The lowest BCUT2D eigenvalue weighted by molar-refractivity contribution is -0.121. The fraction of sp³-hybridized carbons (Fsp3) is 0.556. The number of carbonyl (C=O) groups is 2. The highest BCUT2D eigenvalue weighted by Gasteiger charge is 2.09. The van der Waals surface area contributed by atoms with Crippen LogP contribution in [0.25, 0.3) is 0 Å². The molecule has 4 nitrogen and oxygen atoms in total. The van der Waals surface area contributed by atoms with Gasteiger partial charge in [-0.15, -0.1) is 0 Å². The van der Waals surface area contributed by atoms with E-state index >= 15 is 0 Å². The van der Waals surface area contributed by atoms with Gasteiger partial charge < -0.3 is 10.6 Å². The van der Waals surface area contributed by atoms with E-state index in [1.807, 2.05) is 32.0 Å². The van der Waals surface area contributed by atoms with Crippen LogP contribution in [-0.4, -0.2) is 17.9 Å². The minimum absolute atomic E-state index is 0.0585. The minimum atomic E-state index is -0.0673. The largest absolute Gasteiger partial charge is 0.352 e. The summed E-state index contributed by atoms with van der Waals surface area (Å²) in [7, 11) is 0. The highest BCUT2D eigenvalue weighted by atomic mass is 16.2. The second kappa shape index (κ2) is 9.23. The smallest absolute Gasteiger partial charge is 0.251 e. The van der Waals surface area contributed by atoms with Crippen molar-refractivity contribution in [2.45, 2.75) is 59.5 Å². The molecule has 4 heteroatoms. The van der Waals surface area contributed by atoms with Gasteiger partial charge in [0.05, 0.1) is 0 Å². The van der Waals surface area contributed by atoms with Crippen LogP contribution < -0.4 is 10.6 Å². The van der Waals surface area contributed by atoms with Gasteiger partial charge in [0.25, 0.3) is 5.91 Å². The van der Waals surface area contributed by atoms with Gasteiger partial charge >= 0.3 is 0 Å². The first-order valence-electron chi connectivity index (χ1n) is 8.08. The zero-order valence-corrected chi connectivity index (χ0v) is 14.1. The monoisotopic (exact) mass is 304 g/mol. The van der Waals surface area contributed by atoms with Gasteiger partial charge in [0.2, 0.25) is 5.91 Å². The lowest BCUT2D eigenvalue weighted by atomic mass is 10.1. The van der Waals surface area contributed by atoms with Crippen LogP contribution >= 0.6 is 0 Å². The van der Waals surface area contributed by atoms with Gasteiger partial charge in [-0.3, -0.25) is 9.59 Å². The van der Waals surface area contributed by atoms with Crippen molar-refractivity contribution < 1.29 is 9.59 Å². The van der Waals surface area contributed by atoms with Crippen LogP contribution in [0, 0.1) is 5.92 Å². The number of amides is 2. The van der Waals surface area contributed by atoms with Crippen LogP contribution in [0.5, 0.6) is 0 Å². The molecule has 0 heterocycles. The Bertz CT molecular complexity index is 498. The van der Waals surface area contributed by atoms with E-state index in [-0.39, 0.29) is 17.9 Å². The van der Waals surface area contributed by atoms with Crippen molar-refractivity contribution in [3.05, 3.63) is 35.4 Å². The third kappa shape index (κ3) is 6.74. The van der Waals surface area contributed by atoms with Crippen LogP contribution in [0.3, 0.4) is 0 Å². The van der Waals surface area contributed by atoms with E-state index in [1.54, 1.807) is 6.07 Å². The lowest BCUT2D eigenvalue weighted by Crippen LogP contribution is -2.32. The van der Waals surface area contributed by atoms with Gasteiger partial charge in [-0.1, -0.05) is 32.9 Å². The molecule has 1 aromatic rings. The Morgan fingerprint density at radius 2 is 1.91 bits per heavy atom. The van der Waals surface area contributed by atoms with Crippen LogP contribution in [0.2, 0.25) is 0 Å². The summed E-state index contributed by atoms with van der Waals surface area (Å²) in [5.41, 5.74) is 1.57. The van der Waals surface area contributed by atoms with Gasteiger partial charge in [0.1, 0.15) is 0 Å². The molecule has 0 unspecified atom stereocenters. The second-order valence-electron chi connectivity index (χ2n) is 6.19. The van der Waals surface area contributed by atoms with Crippen molar-refractivity contribution in [2.75, 3.05) is 0 Å². The summed E-state index contributed by atoms with van der Waals surface area (Å²) in [6, 6.07) is 7.55. The van der Waals surface area contributed by atoms with E-state index < -0.39 is 0 Å². The van der Waals surface area contributed by atoms with Gasteiger partial charge in [0.15, 0.2) is 0 Å². The Kier molecular flexibility index (Phi) is 7.64. The minimum Gasteiger partial charge on any atom is -0.352 e. The fourth-order valence-electron chi connectivity index (χ4n) is 1.94. The average molecular weight is 304 g/mol. The first kappa shape index (κ1) is 18.2. The molecule has 2 amide bonds. The van der Waals surface area contributed by atoms with E-state index in [9.17, 15) is 9.59 Å². The van der Waals surface area contributed by atoms with E-state index in [4.69, 9.17) is 0 Å². The molecule has 0 bridgehead atoms. The molecule has 2 N–H and O–H groups in total. The second-order valence-corrected chi connectivity index (χ2v) is 6.19. The standard InChI is InChI=1S/C18H28N2O2/c1-5-14(4)20-18(22)16-8-6-7-15(11-16)12-19-17(21)10-9-13(2)3/h6-8,11,13-14H,5,9-10,12H2,1-4H3,(H,19,21)(H,20,22)/t14-/m1/s1. The first-order chi connectivity index (χ1) is 10.4. The molecular formula is C18H28N2O2. The van der Waals surface area contributed by atoms with Crippen LogP contribution in [0.15, 0.2) is 24.3 Å². The molecule has 22 heavy (non-hydrogen) atoms. The summed E-state index contributed by atoms with van der Waals surface area (Å²) in [5.74, 6) is 0.517. The zero-order valence-electron chi connectivity index (χ0n) is 14.1. The molecule has 0 aromatic heterocycles. The summed E-state index contributed by atoms with van der Waals surface area (Å²) < 4.78 is 0. The van der Waals surface area contributed by atoms with E-state index in [0.29, 0.717) is 24.4 Å². The molecule has 0 fully saturated rings. The average Bonchev–Trinajstić information content (AvgIpc) is 2.50. The highest BCUT2D eigenvalue weighted by molar-refractivity contribution is 5.94. The van der Waals surface area contributed by atoms with Crippen LogP contribution in [-0.2, 0) is 11.3 Å². The van der Waals surface area contributed by atoms with E-state index in [0.717, 1.165) is 18.4 Å². The Morgan fingerprint density at radius 3 is 2.55 bits per heavy atom. The Hall–Kier alpha value is -1.84. The van der Waals surface area contributed by atoms with Crippen molar-refractivity contribution >= 4 is 11.8 Å². The maximum atomic E-state index is 12.1. The topological polar surface area (TPSA) is 58.2 Å². The normalized spacial score (nSPS) is 12.0. The predicted molar refractivity (Wildman–Crippen MR) is 89.6 cm³/mol. The van der Waals surface area contributed by atoms with Crippen molar-refractivity contribution in [1.29, 1.82) is 0 Å². The van der Waals surface area contributed by atoms with Crippen LogP contribution in [0.1, 0.15) is 62.9 Å². The molecule has 0 saturated carbocycles. The van der Waals surface area contributed by atoms with E-state index in [2.05, 4.69) is 24.5 Å². The summed E-state index contributed by atoms with van der Waals surface area (Å²) in [6.45, 7) is 8.69. The van der Waals surface area contributed by atoms with Crippen molar-refractivity contribution in [3.63, 3.8) is 0 Å². The SMILES string of the molecule is CC[C@@H](C)NC(=O)c1cccc(CNC(=O)CCC(C)C)c1. The summed E-state index contributed by atoms with van der Waals surface area (Å²) in [5, 5.41) is 5.85. The van der Waals surface area contributed by atoms with Crippen molar-refractivity contribution in [2.24, 2.45) is 5.92 Å². The molecule has 0 aliphatic rings. The lowest BCUT2D eigenvalue weighted by Gasteiger charge is -2.12. The predicted octanol–water partition coefficient (Wildman–Crippen LogP) is 3.27. The van der Waals surface area contributed by atoms with Gasteiger partial charge in [-0.25, -0.2) is 0 Å². The quantitative estimate of drug-likeness (QED) is 0.774. The molecule has 0 saturated heterocycles. The zero-order chi connectivity index (χ0) is 16.5. The van der Waals surface area contributed by atoms with E-state index in [1.165, 1.54) is 0 Å². The van der Waals surface area contributed by atoms with Gasteiger partial charge in [-0.05, 0) is 43.4 Å². The number of benzene rings is 1. The molecule has 122 valence electrons. The number of rotatable bonds is 8. The molecule has 0 aliphatic heterocycles. The molecule has 0 spiro atoms. The Labute approximate surface area is 133 Å². The molecule has 1 atom stereocenters.